The molecular formula is C13H15N5O6. The lowest BCUT2D eigenvalue weighted by Crippen LogP contribution is -2.39. The molecule has 0 aliphatic heterocycles. The zero-order valence-electron chi connectivity index (χ0n) is 13.0. The number of aryl methyl sites for hydroxylation is 2. The molecule has 2 rings (SSSR count). The van der Waals surface area contributed by atoms with Gasteiger partial charge in [0.05, 0.1) is 0 Å². The van der Waals surface area contributed by atoms with Gasteiger partial charge in [-0.2, -0.15) is 0 Å². The molecule has 128 valence electrons. The molecule has 2 aromatic heterocycles. The van der Waals surface area contributed by atoms with Crippen LogP contribution in [0.15, 0.2) is 14.4 Å². The Labute approximate surface area is 133 Å². The van der Waals surface area contributed by atoms with Crippen molar-refractivity contribution in [2.75, 3.05) is 6.54 Å². The average Bonchev–Trinajstić information content (AvgIpc) is 2.54. The number of aromatic nitrogens is 4. The van der Waals surface area contributed by atoms with E-state index in [1.165, 1.54) is 14.1 Å². The van der Waals surface area contributed by atoms with Crippen molar-refractivity contribution in [2.24, 2.45) is 14.1 Å². The van der Waals surface area contributed by atoms with Gasteiger partial charge in [-0.25, -0.2) is 9.78 Å². The fourth-order valence-corrected chi connectivity index (χ4v) is 2.10. The van der Waals surface area contributed by atoms with Crippen LogP contribution in [0.25, 0.3) is 11.2 Å². The number of H-pyrrole nitrogens is 1. The zero-order valence-corrected chi connectivity index (χ0v) is 13.0. The molecule has 3 N–H and O–H groups in total. The number of carboxylic acid groups (broad SMARTS) is 1. The number of amides is 1. The number of carbonyl (C=O) groups excluding carboxylic acids is 1. The zero-order chi connectivity index (χ0) is 18.0. The molecule has 0 aromatic carbocycles. The van der Waals surface area contributed by atoms with E-state index in [9.17, 15) is 24.0 Å². The van der Waals surface area contributed by atoms with Crippen molar-refractivity contribution in [3.63, 3.8) is 0 Å². The monoisotopic (exact) mass is 337 g/mol. The van der Waals surface area contributed by atoms with E-state index in [2.05, 4.69) is 15.3 Å². The summed E-state index contributed by atoms with van der Waals surface area (Å²) in [6, 6.07) is 0. The van der Waals surface area contributed by atoms with E-state index < -0.39 is 35.2 Å². The first-order valence-corrected chi connectivity index (χ1v) is 6.89. The number of aromatic amines is 1. The molecule has 0 saturated heterocycles. The van der Waals surface area contributed by atoms with Crippen LogP contribution in [-0.4, -0.2) is 42.6 Å². The van der Waals surface area contributed by atoms with Crippen molar-refractivity contribution in [2.45, 2.75) is 12.8 Å². The lowest BCUT2D eigenvalue weighted by atomic mass is 10.2. The number of nitrogens with one attached hydrogen (secondary N) is 2. The topological polar surface area (TPSA) is 156 Å². The Morgan fingerprint density at radius 3 is 2.50 bits per heavy atom. The summed E-state index contributed by atoms with van der Waals surface area (Å²) >= 11 is 0. The summed E-state index contributed by atoms with van der Waals surface area (Å²) < 4.78 is 1.95. The molecule has 11 nitrogen and oxygen atoms in total. The minimum Gasteiger partial charge on any atom is -0.480 e. The lowest BCUT2D eigenvalue weighted by Gasteiger charge is -2.07. The summed E-state index contributed by atoms with van der Waals surface area (Å²) in [6.45, 7) is -0.525. The molecule has 0 atom stereocenters. The molecule has 24 heavy (non-hydrogen) atoms. The van der Waals surface area contributed by atoms with Gasteiger partial charge >= 0.3 is 11.7 Å². The molecule has 0 saturated carbocycles. The molecule has 0 fully saturated rings. The molecule has 0 radical (unpaired) electrons. The van der Waals surface area contributed by atoms with Crippen LogP contribution in [0.2, 0.25) is 0 Å². The van der Waals surface area contributed by atoms with E-state index in [4.69, 9.17) is 5.11 Å². The number of nitrogens with zero attached hydrogens (tertiary/aromatic N) is 3. The summed E-state index contributed by atoms with van der Waals surface area (Å²) in [5.74, 6) is -1.75. The van der Waals surface area contributed by atoms with E-state index in [0.29, 0.717) is 0 Å². The van der Waals surface area contributed by atoms with Gasteiger partial charge in [0.15, 0.2) is 5.52 Å². The highest BCUT2D eigenvalue weighted by atomic mass is 16.4. The smallest absolute Gasteiger partial charge is 0.332 e. The third-order valence-electron chi connectivity index (χ3n) is 3.41. The van der Waals surface area contributed by atoms with Gasteiger partial charge in [-0.3, -0.25) is 28.3 Å². The quantitative estimate of drug-likeness (QED) is 0.542. The van der Waals surface area contributed by atoms with Crippen LogP contribution in [0.3, 0.4) is 0 Å². The summed E-state index contributed by atoms with van der Waals surface area (Å²) in [4.78, 5) is 64.2. The third kappa shape index (κ3) is 3.24. The highest BCUT2D eigenvalue weighted by molar-refractivity contribution is 5.81. The van der Waals surface area contributed by atoms with Gasteiger partial charge in [-0.1, -0.05) is 0 Å². The Morgan fingerprint density at radius 2 is 1.88 bits per heavy atom. The van der Waals surface area contributed by atoms with Crippen molar-refractivity contribution in [1.29, 1.82) is 0 Å². The van der Waals surface area contributed by atoms with Gasteiger partial charge in [0.25, 0.3) is 11.1 Å². The number of hydrogen-bond donors (Lipinski definition) is 3. The number of carboxylic acids is 1. The van der Waals surface area contributed by atoms with Crippen LogP contribution in [0.4, 0.5) is 0 Å². The van der Waals surface area contributed by atoms with E-state index in [-0.39, 0.29) is 29.7 Å². The molecule has 0 spiro atoms. The van der Waals surface area contributed by atoms with Gasteiger partial charge in [0.2, 0.25) is 5.91 Å². The molecule has 1 amide bonds. The second-order valence-corrected chi connectivity index (χ2v) is 5.09. The summed E-state index contributed by atoms with van der Waals surface area (Å²) in [5.41, 5.74) is -2.06. The molecule has 0 bridgehead atoms. The van der Waals surface area contributed by atoms with Crippen molar-refractivity contribution in [3.05, 3.63) is 36.9 Å². The highest BCUT2D eigenvalue weighted by Crippen LogP contribution is 2.00. The average molecular weight is 337 g/mol. The van der Waals surface area contributed by atoms with Crippen LogP contribution in [0.5, 0.6) is 0 Å². The van der Waals surface area contributed by atoms with Crippen molar-refractivity contribution < 1.29 is 14.7 Å². The number of fused-ring (bicyclic) bond motifs is 1. The van der Waals surface area contributed by atoms with Crippen molar-refractivity contribution in [1.82, 2.24) is 24.4 Å². The van der Waals surface area contributed by atoms with Gasteiger partial charge in [0.1, 0.15) is 17.9 Å². The first kappa shape index (κ1) is 17.1. The number of rotatable bonds is 5. The van der Waals surface area contributed by atoms with Gasteiger partial charge in [-0.15, -0.1) is 0 Å². The Hall–Kier alpha value is -3.24. The van der Waals surface area contributed by atoms with E-state index in [1.807, 2.05) is 0 Å². The molecule has 0 aliphatic carbocycles. The summed E-state index contributed by atoms with van der Waals surface area (Å²) in [5, 5.41) is 10.6. The Balaban J connectivity index is 2.36. The predicted molar refractivity (Wildman–Crippen MR) is 81.8 cm³/mol. The molecule has 2 heterocycles. The molecule has 0 aliphatic rings. The SMILES string of the molecule is Cn1c(=O)c2nc(CCC(=O)NCC(=O)O)c(=O)[nH]c2n(C)c1=O. The van der Waals surface area contributed by atoms with Crippen LogP contribution < -0.4 is 22.1 Å². The number of hydrogen-bond acceptors (Lipinski definition) is 6. The largest absolute Gasteiger partial charge is 0.480 e. The van der Waals surface area contributed by atoms with Crippen LogP contribution >= 0.6 is 0 Å². The maximum absolute atomic E-state index is 12.1. The number of aliphatic carboxylic acids is 1. The maximum Gasteiger partial charge on any atom is 0.332 e. The first-order valence-electron chi connectivity index (χ1n) is 6.89. The summed E-state index contributed by atoms with van der Waals surface area (Å²) in [7, 11) is 2.68. The fourth-order valence-electron chi connectivity index (χ4n) is 2.10. The minimum atomic E-state index is -1.19. The van der Waals surface area contributed by atoms with Crippen LogP contribution in [0, 0.1) is 0 Å². The molecule has 11 heteroatoms. The van der Waals surface area contributed by atoms with E-state index >= 15 is 0 Å². The summed E-state index contributed by atoms with van der Waals surface area (Å²) in [6.07, 6.45) is -0.246. The Morgan fingerprint density at radius 1 is 1.21 bits per heavy atom. The van der Waals surface area contributed by atoms with E-state index in [0.717, 1.165) is 9.13 Å². The molecule has 2 aromatic rings. The third-order valence-corrected chi connectivity index (χ3v) is 3.41. The maximum atomic E-state index is 12.1. The Bertz CT molecular complexity index is 999. The standard InChI is InChI=1S/C13H15N5O6/c1-17-10-9(12(23)18(2)13(17)24)15-6(11(22)16-10)3-4-7(19)14-5-8(20)21/h3-5H2,1-2H3,(H,14,19)(H,16,22)(H,20,21). The molecule has 0 unspecified atom stereocenters. The second kappa shape index (κ2) is 6.48. The van der Waals surface area contributed by atoms with Crippen LogP contribution in [0.1, 0.15) is 12.1 Å². The van der Waals surface area contributed by atoms with Gasteiger partial charge in [0, 0.05) is 26.9 Å². The predicted octanol–water partition coefficient (Wildman–Crippen LogP) is -2.55. The second-order valence-electron chi connectivity index (χ2n) is 5.09. The van der Waals surface area contributed by atoms with Crippen molar-refractivity contribution in [3.8, 4) is 0 Å². The van der Waals surface area contributed by atoms with Crippen LogP contribution in [-0.2, 0) is 30.1 Å². The lowest BCUT2D eigenvalue weighted by molar-refractivity contribution is -0.137. The van der Waals surface area contributed by atoms with Gasteiger partial charge in [-0.05, 0) is 0 Å². The Kier molecular flexibility index (Phi) is 4.62. The van der Waals surface area contributed by atoms with Gasteiger partial charge < -0.3 is 15.4 Å². The fraction of sp³-hybridized carbons (Fsp3) is 0.385. The van der Waals surface area contributed by atoms with E-state index in [1.54, 1.807) is 0 Å². The number of carbonyl (C=O) groups is 2. The minimum absolute atomic E-state index is 0.00724. The normalized spacial score (nSPS) is 10.8. The molecular weight excluding hydrogens is 322 g/mol. The first-order chi connectivity index (χ1) is 11.2. The highest BCUT2D eigenvalue weighted by Gasteiger charge is 2.14. The van der Waals surface area contributed by atoms with Crippen molar-refractivity contribution >= 4 is 23.0 Å².